The minimum atomic E-state index is 0.473. The van der Waals surface area contributed by atoms with Gasteiger partial charge in [0.15, 0.2) is 0 Å². The van der Waals surface area contributed by atoms with E-state index in [-0.39, 0.29) is 0 Å². The zero-order chi connectivity index (χ0) is 20.2. The minimum absolute atomic E-state index is 0.473. The quantitative estimate of drug-likeness (QED) is 0.362. The molecule has 5 heteroatoms. The number of hydrogen-bond acceptors (Lipinski definition) is 4. The third-order valence-corrected chi connectivity index (χ3v) is 4.69. The number of ether oxygens (including phenoxy) is 2. The maximum Gasteiger partial charge on any atom is 0.129 e. The van der Waals surface area contributed by atoms with Gasteiger partial charge in [-0.2, -0.15) is 0 Å². The molecule has 0 saturated carbocycles. The molecular formula is C24H19ClN2O2. The summed E-state index contributed by atoms with van der Waals surface area (Å²) < 4.78 is 11.7. The van der Waals surface area contributed by atoms with E-state index in [4.69, 9.17) is 32.5 Å². The van der Waals surface area contributed by atoms with Gasteiger partial charge >= 0.3 is 0 Å². The van der Waals surface area contributed by atoms with Crippen molar-refractivity contribution in [3.8, 4) is 34.1 Å². The van der Waals surface area contributed by atoms with Gasteiger partial charge in [0, 0.05) is 11.8 Å². The highest BCUT2D eigenvalue weighted by Gasteiger charge is 2.04. The Kier molecular flexibility index (Phi) is 5.27. The summed E-state index contributed by atoms with van der Waals surface area (Å²) in [7, 11) is 0. The first-order chi connectivity index (χ1) is 14.1. The minimum Gasteiger partial charge on any atom is -0.457 e. The molecule has 0 fully saturated rings. The van der Waals surface area contributed by atoms with Crippen LogP contribution in [0.5, 0.6) is 23.0 Å². The summed E-state index contributed by atoms with van der Waals surface area (Å²) in [5, 5.41) is 0.473. The van der Waals surface area contributed by atoms with E-state index in [0.717, 1.165) is 28.4 Å². The lowest BCUT2D eigenvalue weighted by Crippen LogP contribution is -1.89. The molecule has 0 amide bonds. The Balaban J connectivity index is 1.44. The molecule has 0 aliphatic heterocycles. The van der Waals surface area contributed by atoms with E-state index < -0.39 is 0 Å². The van der Waals surface area contributed by atoms with Gasteiger partial charge in [-0.15, -0.1) is 0 Å². The number of anilines is 2. The van der Waals surface area contributed by atoms with Crippen molar-refractivity contribution in [2.24, 2.45) is 0 Å². The third kappa shape index (κ3) is 4.62. The summed E-state index contributed by atoms with van der Waals surface area (Å²) in [6.07, 6.45) is 0. The first-order valence-corrected chi connectivity index (χ1v) is 9.41. The highest BCUT2D eigenvalue weighted by Crippen LogP contribution is 2.30. The number of rotatable bonds is 5. The van der Waals surface area contributed by atoms with Crippen LogP contribution in [0.25, 0.3) is 11.1 Å². The lowest BCUT2D eigenvalue weighted by atomic mass is 10.1. The van der Waals surface area contributed by atoms with Crippen molar-refractivity contribution in [3.63, 3.8) is 0 Å². The second kappa shape index (κ2) is 8.17. The van der Waals surface area contributed by atoms with Crippen molar-refractivity contribution in [1.29, 1.82) is 0 Å². The largest absolute Gasteiger partial charge is 0.457 e. The van der Waals surface area contributed by atoms with Crippen LogP contribution in [0.3, 0.4) is 0 Å². The Morgan fingerprint density at radius 3 is 1.41 bits per heavy atom. The monoisotopic (exact) mass is 402 g/mol. The van der Waals surface area contributed by atoms with Gasteiger partial charge in [0.25, 0.3) is 0 Å². The fourth-order valence-corrected chi connectivity index (χ4v) is 2.98. The molecule has 0 atom stereocenters. The van der Waals surface area contributed by atoms with Crippen molar-refractivity contribution in [1.82, 2.24) is 0 Å². The summed E-state index contributed by atoms with van der Waals surface area (Å²) in [4.78, 5) is 0. The lowest BCUT2D eigenvalue weighted by molar-refractivity contribution is 0.482. The highest BCUT2D eigenvalue weighted by molar-refractivity contribution is 6.33. The van der Waals surface area contributed by atoms with E-state index in [9.17, 15) is 0 Å². The van der Waals surface area contributed by atoms with Crippen LogP contribution in [-0.2, 0) is 0 Å². The van der Waals surface area contributed by atoms with E-state index in [1.54, 1.807) is 18.2 Å². The Bertz CT molecular complexity index is 1110. The van der Waals surface area contributed by atoms with Crippen molar-refractivity contribution < 1.29 is 9.47 Å². The fraction of sp³-hybridized carbons (Fsp3) is 0. The molecule has 0 radical (unpaired) electrons. The molecule has 4 aromatic carbocycles. The molecule has 0 aliphatic carbocycles. The van der Waals surface area contributed by atoms with Crippen molar-refractivity contribution in [3.05, 3.63) is 96.0 Å². The topological polar surface area (TPSA) is 70.5 Å². The number of benzene rings is 4. The first-order valence-electron chi connectivity index (χ1n) is 9.03. The van der Waals surface area contributed by atoms with Crippen molar-refractivity contribution in [2.45, 2.75) is 0 Å². The summed E-state index contributed by atoms with van der Waals surface area (Å²) in [6.45, 7) is 0. The standard InChI is InChI=1S/C24H19ClN2O2/c25-23-15-22(13-14-24(23)27)29-20-9-3-17(4-10-20)16-1-7-19(8-2-16)28-21-11-5-18(26)6-12-21/h1-15H,26-27H2. The summed E-state index contributed by atoms with van der Waals surface area (Å²) in [5.41, 5.74) is 14.8. The molecule has 29 heavy (non-hydrogen) atoms. The fourth-order valence-electron chi connectivity index (χ4n) is 2.81. The number of nitrogen functional groups attached to an aromatic ring is 2. The van der Waals surface area contributed by atoms with Gasteiger partial charge in [-0.1, -0.05) is 35.9 Å². The Labute approximate surface area is 174 Å². The maximum absolute atomic E-state index is 6.04. The Morgan fingerprint density at radius 1 is 0.517 bits per heavy atom. The maximum atomic E-state index is 6.04. The number of halogens is 1. The van der Waals surface area contributed by atoms with Crippen LogP contribution in [0.1, 0.15) is 0 Å². The van der Waals surface area contributed by atoms with E-state index in [1.807, 2.05) is 72.8 Å². The summed E-state index contributed by atoms with van der Waals surface area (Å²) in [6, 6.07) is 28.3. The highest BCUT2D eigenvalue weighted by atomic mass is 35.5. The van der Waals surface area contributed by atoms with Gasteiger partial charge in [0.1, 0.15) is 23.0 Å². The van der Waals surface area contributed by atoms with Crippen LogP contribution in [-0.4, -0.2) is 0 Å². The SMILES string of the molecule is Nc1ccc(Oc2ccc(-c3ccc(Oc4ccc(N)c(Cl)c4)cc3)cc2)cc1. The Hall–Kier alpha value is -3.63. The first kappa shape index (κ1) is 18.7. The molecule has 0 bridgehead atoms. The Morgan fingerprint density at radius 2 is 0.931 bits per heavy atom. The summed E-state index contributed by atoms with van der Waals surface area (Å²) >= 11 is 6.04. The predicted octanol–water partition coefficient (Wildman–Crippen LogP) is 6.76. The molecule has 0 aliphatic rings. The molecule has 0 spiro atoms. The molecule has 0 unspecified atom stereocenters. The van der Waals surface area contributed by atoms with Crippen molar-refractivity contribution >= 4 is 23.0 Å². The van der Waals surface area contributed by atoms with Gasteiger partial charge < -0.3 is 20.9 Å². The van der Waals surface area contributed by atoms with Crippen LogP contribution in [0, 0.1) is 0 Å². The predicted molar refractivity (Wildman–Crippen MR) is 119 cm³/mol. The molecule has 4 aromatic rings. The number of nitrogens with two attached hydrogens (primary N) is 2. The van der Waals surface area contributed by atoms with E-state index >= 15 is 0 Å². The van der Waals surface area contributed by atoms with Gasteiger partial charge in [-0.3, -0.25) is 0 Å². The van der Waals surface area contributed by atoms with Crippen LogP contribution < -0.4 is 20.9 Å². The lowest BCUT2D eigenvalue weighted by Gasteiger charge is -2.09. The number of hydrogen-bond donors (Lipinski definition) is 2. The average molecular weight is 403 g/mol. The molecule has 144 valence electrons. The van der Waals surface area contributed by atoms with Crippen LogP contribution in [0.15, 0.2) is 91.0 Å². The van der Waals surface area contributed by atoms with Gasteiger partial charge in [0.2, 0.25) is 0 Å². The molecule has 0 heterocycles. The zero-order valence-electron chi connectivity index (χ0n) is 15.5. The molecule has 0 saturated heterocycles. The van der Waals surface area contributed by atoms with Gasteiger partial charge in [-0.05, 0) is 71.8 Å². The van der Waals surface area contributed by atoms with Crippen LogP contribution >= 0.6 is 11.6 Å². The smallest absolute Gasteiger partial charge is 0.129 e. The molecule has 4 nitrogen and oxygen atoms in total. The second-order valence-electron chi connectivity index (χ2n) is 6.51. The van der Waals surface area contributed by atoms with Crippen LogP contribution in [0.2, 0.25) is 5.02 Å². The average Bonchev–Trinajstić information content (AvgIpc) is 2.74. The van der Waals surface area contributed by atoms with E-state index in [1.165, 1.54) is 0 Å². The molecule has 4 N–H and O–H groups in total. The zero-order valence-corrected chi connectivity index (χ0v) is 16.3. The van der Waals surface area contributed by atoms with E-state index in [0.29, 0.717) is 22.1 Å². The molecule has 0 aromatic heterocycles. The normalized spacial score (nSPS) is 10.5. The third-order valence-electron chi connectivity index (χ3n) is 4.37. The molecule has 4 rings (SSSR count). The second-order valence-corrected chi connectivity index (χ2v) is 6.91. The van der Waals surface area contributed by atoms with Crippen molar-refractivity contribution in [2.75, 3.05) is 11.5 Å². The van der Waals surface area contributed by atoms with Crippen LogP contribution in [0.4, 0.5) is 11.4 Å². The summed E-state index contributed by atoms with van der Waals surface area (Å²) in [5.74, 6) is 2.87. The molecular weight excluding hydrogens is 384 g/mol. The van der Waals surface area contributed by atoms with E-state index in [2.05, 4.69) is 0 Å². The van der Waals surface area contributed by atoms with Gasteiger partial charge in [0.05, 0.1) is 10.7 Å². The van der Waals surface area contributed by atoms with Gasteiger partial charge in [-0.25, -0.2) is 0 Å².